The average Bonchev–Trinajstić information content (AvgIpc) is 2.60. The fourth-order valence-electron chi connectivity index (χ4n) is 2.82. The Balaban J connectivity index is 1.73. The third-order valence-electron chi connectivity index (χ3n) is 4.36. The first-order chi connectivity index (χ1) is 11.6. The molecule has 2 N–H and O–H groups in total. The topological polar surface area (TPSA) is 53.6 Å². The quantitative estimate of drug-likeness (QED) is 0.903. The number of carbonyl (C=O) groups is 1. The summed E-state index contributed by atoms with van der Waals surface area (Å²) < 4.78 is 5.40. The van der Waals surface area contributed by atoms with E-state index in [0.717, 1.165) is 41.3 Å². The molecule has 24 heavy (non-hydrogen) atoms. The zero-order valence-electron chi connectivity index (χ0n) is 14.1. The van der Waals surface area contributed by atoms with Gasteiger partial charge < -0.3 is 20.3 Å². The molecular formula is C19H23N3O2. The van der Waals surface area contributed by atoms with Gasteiger partial charge in [-0.15, -0.1) is 0 Å². The summed E-state index contributed by atoms with van der Waals surface area (Å²) in [5.74, 6) is 0. The van der Waals surface area contributed by atoms with E-state index >= 15 is 0 Å². The molecule has 0 aliphatic carbocycles. The highest BCUT2D eigenvalue weighted by Crippen LogP contribution is 2.27. The summed E-state index contributed by atoms with van der Waals surface area (Å²) >= 11 is 0. The van der Waals surface area contributed by atoms with Gasteiger partial charge >= 0.3 is 6.03 Å². The van der Waals surface area contributed by atoms with Crippen LogP contribution in [0.1, 0.15) is 11.1 Å². The number of carbonyl (C=O) groups excluding carboxylic acids is 1. The highest BCUT2D eigenvalue weighted by atomic mass is 16.5. The number of benzene rings is 2. The van der Waals surface area contributed by atoms with Gasteiger partial charge in [0, 0.05) is 18.8 Å². The van der Waals surface area contributed by atoms with Crippen molar-refractivity contribution in [2.24, 2.45) is 0 Å². The Labute approximate surface area is 142 Å². The summed E-state index contributed by atoms with van der Waals surface area (Å²) in [5, 5.41) is 5.91. The lowest BCUT2D eigenvalue weighted by molar-refractivity contribution is 0.123. The minimum Gasteiger partial charge on any atom is -0.378 e. The lowest BCUT2D eigenvalue weighted by Gasteiger charge is -2.30. The number of amides is 2. The molecule has 0 spiro atoms. The highest BCUT2D eigenvalue weighted by Gasteiger charge is 2.16. The zero-order chi connectivity index (χ0) is 16.9. The number of aryl methyl sites for hydroxylation is 1. The van der Waals surface area contributed by atoms with Crippen LogP contribution >= 0.6 is 0 Å². The number of anilines is 3. The first-order valence-electron chi connectivity index (χ1n) is 8.21. The fraction of sp³-hybridized carbons (Fsp3) is 0.316. The van der Waals surface area contributed by atoms with E-state index in [2.05, 4.69) is 15.5 Å². The second-order valence-electron chi connectivity index (χ2n) is 5.94. The van der Waals surface area contributed by atoms with Crippen molar-refractivity contribution in [1.29, 1.82) is 0 Å². The van der Waals surface area contributed by atoms with Crippen molar-refractivity contribution in [2.75, 3.05) is 41.8 Å². The number of hydrogen-bond acceptors (Lipinski definition) is 3. The van der Waals surface area contributed by atoms with E-state index in [9.17, 15) is 4.79 Å². The van der Waals surface area contributed by atoms with E-state index in [1.54, 1.807) is 0 Å². The molecule has 0 bridgehead atoms. The normalized spacial score (nSPS) is 14.3. The summed E-state index contributed by atoms with van der Waals surface area (Å²) in [6.07, 6.45) is 0. The summed E-state index contributed by atoms with van der Waals surface area (Å²) in [7, 11) is 0. The predicted molar refractivity (Wildman–Crippen MR) is 98.0 cm³/mol. The van der Waals surface area contributed by atoms with Crippen LogP contribution in [0.3, 0.4) is 0 Å². The fourth-order valence-corrected chi connectivity index (χ4v) is 2.82. The van der Waals surface area contributed by atoms with E-state index in [1.807, 2.05) is 56.3 Å². The third kappa shape index (κ3) is 3.68. The number of hydrogen-bond donors (Lipinski definition) is 2. The number of urea groups is 1. The second kappa shape index (κ2) is 7.36. The van der Waals surface area contributed by atoms with Crippen LogP contribution in [0.4, 0.5) is 21.9 Å². The van der Waals surface area contributed by atoms with Gasteiger partial charge in [-0.2, -0.15) is 0 Å². The SMILES string of the molecule is Cc1cccc(NC(=O)Nc2ccccc2N2CCOCC2)c1C. The molecule has 3 rings (SSSR count). The summed E-state index contributed by atoms with van der Waals surface area (Å²) in [6.45, 7) is 7.12. The van der Waals surface area contributed by atoms with Crippen LogP contribution in [0.15, 0.2) is 42.5 Å². The van der Waals surface area contributed by atoms with E-state index < -0.39 is 0 Å². The Bertz CT molecular complexity index is 724. The molecule has 0 atom stereocenters. The van der Waals surface area contributed by atoms with Gasteiger partial charge in [0.1, 0.15) is 0 Å². The summed E-state index contributed by atoms with van der Waals surface area (Å²) in [6, 6.07) is 13.5. The molecule has 2 aromatic carbocycles. The van der Waals surface area contributed by atoms with Crippen molar-refractivity contribution in [1.82, 2.24) is 0 Å². The molecule has 5 nitrogen and oxygen atoms in total. The van der Waals surface area contributed by atoms with E-state index in [1.165, 1.54) is 0 Å². The first-order valence-corrected chi connectivity index (χ1v) is 8.21. The molecule has 126 valence electrons. The van der Waals surface area contributed by atoms with Crippen molar-refractivity contribution >= 4 is 23.1 Å². The zero-order valence-corrected chi connectivity index (χ0v) is 14.1. The molecular weight excluding hydrogens is 302 g/mol. The Morgan fingerprint density at radius 2 is 1.62 bits per heavy atom. The Morgan fingerprint density at radius 1 is 0.958 bits per heavy atom. The predicted octanol–water partition coefficient (Wildman–Crippen LogP) is 3.78. The number of morpholine rings is 1. The molecule has 1 heterocycles. The first kappa shape index (κ1) is 16.3. The van der Waals surface area contributed by atoms with Crippen molar-refractivity contribution < 1.29 is 9.53 Å². The van der Waals surface area contributed by atoms with Crippen LogP contribution in [-0.4, -0.2) is 32.3 Å². The van der Waals surface area contributed by atoms with Crippen LogP contribution in [-0.2, 0) is 4.74 Å². The number of nitrogens with one attached hydrogen (secondary N) is 2. The number of nitrogens with zero attached hydrogens (tertiary/aromatic N) is 1. The lowest BCUT2D eigenvalue weighted by Crippen LogP contribution is -2.37. The van der Waals surface area contributed by atoms with Gasteiger partial charge in [-0.3, -0.25) is 0 Å². The van der Waals surface area contributed by atoms with Crippen molar-refractivity contribution in [3.8, 4) is 0 Å². The minimum atomic E-state index is -0.232. The van der Waals surface area contributed by atoms with Gasteiger partial charge in [-0.05, 0) is 43.2 Å². The molecule has 5 heteroatoms. The van der Waals surface area contributed by atoms with Crippen LogP contribution in [0, 0.1) is 13.8 Å². The maximum absolute atomic E-state index is 12.4. The molecule has 1 fully saturated rings. The molecule has 2 aromatic rings. The molecule has 1 aliphatic heterocycles. The van der Waals surface area contributed by atoms with Crippen LogP contribution in [0.25, 0.3) is 0 Å². The van der Waals surface area contributed by atoms with Gasteiger partial charge in [0.15, 0.2) is 0 Å². The second-order valence-corrected chi connectivity index (χ2v) is 5.94. The standard InChI is InChI=1S/C19H23N3O2/c1-14-6-5-8-16(15(14)2)20-19(23)21-17-7-3-4-9-18(17)22-10-12-24-13-11-22/h3-9H,10-13H2,1-2H3,(H2,20,21,23). The Kier molecular flexibility index (Phi) is 5.01. The molecule has 1 aliphatic rings. The van der Waals surface area contributed by atoms with Gasteiger partial charge in [-0.25, -0.2) is 4.79 Å². The average molecular weight is 325 g/mol. The summed E-state index contributed by atoms with van der Waals surface area (Å²) in [4.78, 5) is 14.6. The van der Waals surface area contributed by atoms with Gasteiger partial charge in [0.2, 0.25) is 0 Å². The molecule has 0 unspecified atom stereocenters. The van der Waals surface area contributed by atoms with Crippen molar-refractivity contribution in [3.05, 3.63) is 53.6 Å². The monoisotopic (exact) mass is 325 g/mol. The minimum absolute atomic E-state index is 0.232. The van der Waals surface area contributed by atoms with Gasteiger partial charge in [-0.1, -0.05) is 24.3 Å². The maximum Gasteiger partial charge on any atom is 0.323 e. The number of para-hydroxylation sites is 2. The van der Waals surface area contributed by atoms with E-state index in [4.69, 9.17) is 4.74 Å². The van der Waals surface area contributed by atoms with Crippen LogP contribution in [0.5, 0.6) is 0 Å². The molecule has 0 radical (unpaired) electrons. The summed E-state index contributed by atoms with van der Waals surface area (Å²) in [5.41, 5.74) is 4.89. The van der Waals surface area contributed by atoms with Crippen molar-refractivity contribution in [3.63, 3.8) is 0 Å². The molecule has 2 amide bonds. The lowest BCUT2D eigenvalue weighted by atomic mass is 10.1. The number of rotatable bonds is 3. The Hall–Kier alpha value is -2.53. The van der Waals surface area contributed by atoms with E-state index in [0.29, 0.717) is 13.2 Å². The molecule has 0 saturated carbocycles. The number of ether oxygens (including phenoxy) is 1. The van der Waals surface area contributed by atoms with Gasteiger partial charge in [0.25, 0.3) is 0 Å². The van der Waals surface area contributed by atoms with E-state index in [-0.39, 0.29) is 6.03 Å². The van der Waals surface area contributed by atoms with Crippen LogP contribution in [0.2, 0.25) is 0 Å². The maximum atomic E-state index is 12.4. The van der Waals surface area contributed by atoms with Gasteiger partial charge in [0.05, 0.1) is 24.6 Å². The Morgan fingerprint density at radius 3 is 2.42 bits per heavy atom. The smallest absolute Gasteiger partial charge is 0.323 e. The van der Waals surface area contributed by atoms with Crippen molar-refractivity contribution in [2.45, 2.75) is 13.8 Å². The largest absolute Gasteiger partial charge is 0.378 e. The molecule has 0 aromatic heterocycles. The van der Waals surface area contributed by atoms with Crippen LogP contribution < -0.4 is 15.5 Å². The molecule has 1 saturated heterocycles. The third-order valence-corrected chi connectivity index (χ3v) is 4.36. The highest BCUT2D eigenvalue weighted by molar-refractivity contribution is 6.02.